The molecule has 0 saturated heterocycles. The van der Waals surface area contributed by atoms with Crippen LogP contribution in [0.1, 0.15) is 37.3 Å². The van der Waals surface area contributed by atoms with E-state index in [1.165, 1.54) is 0 Å². The topological polar surface area (TPSA) is 66.4 Å². The molecule has 2 rings (SSSR count). The molecular formula is C16H20ClNO3. The van der Waals surface area contributed by atoms with Gasteiger partial charge in [0.15, 0.2) is 0 Å². The fourth-order valence-electron chi connectivity index (χ4n) is 2.39. The lowest BCUT2D eigenvalue weighted by atomic mass is 9.95. The van der Waals surface area contributed by atoms with Crippen LogP contribution in [0.3, 0.4) is 0 Å². The van der Waals surface area contributed by atoms with Crippen molar-refractivity contribution in [3.8, 4) is 0 Å². The molecule has 4 nitrogen and oxygen atoms in total. The highest BCUT2D eigenvalue weighted by Crippen LogP contribution is 2.39. The van der Waals surface area contributed by atoms with Crippen LogP contribution >= 0.6 is 11.6 Å². The van der Waals surface area contributed by atoms with Crippen molar-refractivity contribution in [3.05, 3.63) is 34.3 Å². The molecule has 114 valence electrons. The molecule has 1 fully saturated rings. The maximum atomic E-state index is 12.0. The fourth-order valence-corrected chi connectivity index (χ4v) is 2.60. The number of carbonyl (C=O) groups is 2. The largest absolute Gasteiger partial charge is 0.480 e. The van der Waals surface area contributed by atoms with Gasteiger partial charge in [0.1, 0.15) is 5.54 Å². The molecule has 1 aromatic rings. The van der Waals surface area contributed by atoms with E-state index in [1.807, 2.05) is 25.1 Å². The van der Waals surface area contributed by atoms with E-state index in [4.69, 9.17) is 11.6 Å². The molecule has 0 heterocycles. The van der Waals surface area contributed by atoms with E-state index in [2.05, 4.69) is 5.32 Å². The number of hydrogen-bond donors (Lipinski definition) is 2. The van der Waals surface area contributed by atoms with E-state index in [1.54, 1.807) is 6.92 Å². The van der Waals surface area contributed by atoms with Gasteiger partial charge in [0.2, 0.25) is 5.91 Å². The Morgan fingerprint density at radius 1 is 1.43 bits per heavy atom. The molecule has 0 bridgehead atoms. The molecule has 0 aliphatic heterocycles. The Bertz CT molecular complexity index is 569. The molecule has 21 heavy (non-hydrogen) atoms. The average Bonchev–Trinajstić information content (AvgIpc) is 3.24. The minimum atomic E-state index is -1.14. The summed E-state index contributed by atoms with van der Waals surface area (Å²) in [7, 11) is 0. The van der Waals surface area contributed by atoms with Crippen molar-refractivity contribution in [2.24, 2.45) is 5.92 Å². The number of rotatable bonds is 6. The number of carboxylic acids is 1. The lowest BCUT2D eigenvalue weighted by Crippen LogP contribution is -2.54. The molecule has 1 atom stereocenters. The molecule has 1 amide bonds. The Morgan fingerprint density at radius 2 is 2.10 bits per heavy atom. The highest BCUT2D eigenvalue weighted by atomic mass is 35.5. The van der Waals surface area contributed by atoms with E-state index in [-0.39, 0.29) is 18.2 Å². The highest BCUT2D eigenvalue weighted by Gasteiger charge is 2.48. The van der Waals surface area contributed by atoms with Gasteiger partial charge >= 0.3 is 5.97 Å². The lowest BCUT2D eigenvalue weighted by molar-refractivity contribution is -0.147. The number of hydrogen-bond acceptors (Lipinski definition) is 2. The first kappa shape index (κ1) is 15.8. The van der Waals surface area contributed by atoms with Crippen LogP contribution in [0.25, 0.3) is 0 Å². The predicted molar refractivity (Wildman–Crippen MR) is 81.4 cm³/mol. The number of benzene rings is 1. The summed E-state index contributed by atoms with van der Waals surface area (Å²) in [5.74, 6) is -1.15. The Morgan fingerprint density at radius 3 is 2.62 bits per heavy atom. The first-order valence-electron chi connectivity index (χ1n) is 7.12. The molecule has 1 unspecified atom stereocenters. The maximum Gasteiger partial charge on any atom is 0.329 e. The summed E-state index contributed by atoms with van der Waals surface area (Å²) in [5.41, 5.74) is 0.836. The smallest absolute Gasteiger partial charge is 0.329 e. The van der Waals surface area contributed by atoms with Crippen LogP contribution < -0.4 is 5.32 Å². The van der Waals surface area contributed by atoms with Gasteiger partial charge in [0, 0.05) is 11.4 Å². The minimum Gasteiger partial charge on any atom is -0.480 e. The van der Waals surface area contributed by atoms with Gasteiger partial charge in [-0.05, 0) is 56.2 Å². The average molecular weight is 310 g/mol. The second-order valence-electron chi connectivity index (χ2n) is 5.91. The quantitative estimate of drug-likeness (QED) is 0.849. The van der Waals surface area contributed by atoms with Crippen molar-refractivity contribution in [3.63, 3.8) is 0 Å². The summed E-state index contributed by atoms with van der Waals surface area (Å²) in [6, 6.07) is 5.70. The molecule has 2 N–H and O–H groups in total. The number of amides is 1. The first-order chi connectivity index (χ1) is 9.83. The second kappa shape index (κ2) is 6.06. The fraction of sp³-hybridized carbons (Fsp3) is 0.500. The molecule has 1 saturated carbocycles. The zero-order chi connectivity index (χ0) is 15.6. The number of carboxylic acid groups (broad SMARTS) is 1. The summed E-state index contributed by atoms with van der Waals surface area (Å²) in [5, 5.41) is 12.7. The lowest BCUT2D eigenvalue weighted by Gasteiger charge is -2.26. The van der Waals surface area contributed by atoms with Crippen molar-refractivity contribution >= 4 is 23.5 Å². The second-order valence-corrected chi connectivity index (χ2v) is 6.32. The van der Waals surface area contributed by atoms with Gasteiger partial charge in [-0.15, -0.1) is 0 Å². The van der Waals surface area contributed by atoms with Crippen LogP contribution in [0.2, 0.25) is 5.02 Å². The maximum absolute atomic E-state index is 12.0. The van der Waals surface area contributed by atoms with E-state index >= 15 is 0 Å². The molecule has 1 aliphatic rings. The van der Waals surface area contributed by atoms with Gasteiger partial charge in [-0.3, -0.25) is 4.79 Å². The monoisotopic (exact) mass is 309 g/mol. The summed E-state index contributed by atoms with van der Waals surface area (Å²) in [6.07, 6.45) is 2.52. The van der Waals surface area contributed by atoms with E-state index in [0.29, 0.717) is 11.4 Å². The summed E-state index contributed by atoms with van der Waals surface area (Å²) in [6.45, 7) is 3.51. The number of aryl methyl sites for hydroxylation is 2. The van der Waals surface area contributed by atoms with Gasteiger partial charge in [-0.1, -0.05) is 23.7 Å². The van der Waals surface area contributed by atoms with Crippen molar-refractivity contribution in [1.82, 2.24) is 5.32 Å². The Labute approximate surface area is 129 Å². The first-order valence-corrected chi connectivity index (χ1v) is 7.50. The standard InChI is InChI=1S/C16H20ClNO3/c1-10-3-4-11(9-13(10)17)5-8-14(19)18-16(2,15(20)21)12-6-7-12/h3-4,9,12H,5-8H2,1-2H3,(H,18,19)(H,20,21). The van der Waals surface area contributed by atoms with Gasteiger partial charge in [-0.2, -0.15) is 0 Å². The summed E-state index contributed by atoms with van der Waals surface area (Å²) < 4.78 is 0. The van der Waals surface area contributed by atoms with Gasteiger partial charge in [-0.25, -0.2) is 4.79 Å². The van der Waals surface area contributed by atoms with E-state index < -0.39 is 11.5 Å². The number of halogens is 1. The molecule has 0 spiro atoms. The number of nitrogens with one attached hydrogen (secondary N) is 1. The van der Waals surface area contributed by atoms with Crippen molar-refractivity contribution in [2.45, 2.75) is 45.1 Å². The third-order valence-corrected chi connectivity index (χ3v) is 4.52. The Kier molecular flexibility index (Phi) is 4.57. The highest BCUT2D eigenvalue weighted by molar-refractivity contribution is 6.31. The normalized spacial score (nSPS) is 17.1. The van der Waals surface area contributed by atoms with E-state index in [0.717, 1.165) is 24.0 Å². The summed E-state index contributed by atoms with van der Waals surface area (Å²) in [4.78, 5) is 23.4. The number of carbonyl (C=O) groups excluding carboxylic acids is 1. The van der Waals surface area contributed by atoms with Crippen LogP contribution in [0.4, 0.5) is 0 Å². The van der Waals surface area contributed by atoms with Gasteiger partial charge in [0.25, 0.3) is 0 Å². The number of aliphatic carboxylic acids is 1. The van der Waals surface area contributed by atoms with Crippen LogP contribution in [-0.4, -0.2) is 22.5 Å². The van der Waals surface area contributed by atoms with Gasteiger partial charge < -0.3 is 10.4 Å². The summed E-state index contributed by atoms with van der Waals surface area (Å²) >= 11 is 6.05. The van der Waals surface area contributed by atoms with Gasteiger partial charge in [0.05, 0.1) is 0 Å². The molecule has 1 aromatic carbocycles. The van der Waals surface area contributed by atoms with Crippen LogP contribution in [0, 0.1) is 12.8 Å². The molecule has 5 heteroatoms. The van der Waals surface area contributed by atoms with Crippen LogP contribution in [0.5, 0.6) is 0 Å². The Hall–Kier alpha value is -1.55. The molecule has 0 radical (unpaired) electrons. The van der Waals surface area contributed by atoms with Crippen molar-refractivity contribution in [2.75, 3.05) is 0 Å². The molecule has 0 aromatic heterocycles. The third kappa shape index (κ3) is 3.76. The van der Waals surface area contributed by atoms with Crippen molar-refractivity contribution in [1.29, 1.82) is 0 Å². The third-order valence-electron chi connectivity index (χ3n) is 4.11. The van der Waals surface area contributed by atoms with E-state index in [9.17, 15) is 14.7 Å². The van der Waals surface area contributed by atoms with Crippen molar-refractivity contribution < 1.29 is 14.7 Å². The molecular weight excluding hydrogens is 290 g/mol. The van der Waals surface area contributed by atoms with Crippen LogP contribution in [-0.2, 0) is 16.0 Å². The van der Waals surface area contributed by atoms with Crippen LogP contribution in [0.15, 0.2) is 18.2 Å². The minimum absolute atomic E-state index is 0.0489. The molecule has 1 aliphatic carbocycles. The zero-order valence-corrected chi connectivity index (χ0v) is 13.0. The zero-order valence-electron chi connectivity index (χ0n) is 12.3. The Balaban J connectivity index is 1.92. The SMILES string of the molecule is Cc1ccc(CCC(=O)NC(C)(C(=O)O)C2CC2)cc1Cl. The predicted octanol–water partition coefficient (Wildman–Crippen LogP) is 2.95.